The predicted molar refractivity (Wildman–Crippen MR) is 122 cm³/mol. The summed E-state index contributed by atoms with van der Waals surface area (Å²) in [5, 5.41) is 11.6. The molecule has 1 saturated heterocycles. The molecule has 0 saturated carbocycles. The fourth-order valence-corrected chi connectivity index (χ4v) is 5.53. The first kappa shape index (κ1) is 19.9. The van der Waals surface area contributed by atoms with E-state index in [0.29, 0.717) is 12.3 Å². The number of hydrogen-bond acceptors (Lipinski definition) is 6. The molecule has 1 aliphatic heterocycles. The summed E-state index contributed by atoms with van der Waals surface area (Å²) in [7, 11) is 1.68. The van der Waals surface area contributed by atoms with Gasteiger partial charge in [0.15, 0.2) is 0 Å². The molecule has 1 unspecified atom stereocenters. The molecule has 6 nitrogen and oxygen atoms in total. The Hall–Kier alpha value is -3.03. The van der Waals surface area contributed by atoms with Gasteiger partial charge in [-0.25, -0.2) is 9.97 Å². The number of likely N-dealkylation sites (tertiary alicyclic amines) is 1. The van der Waals surface area contributed by atoms with Gasteiger partial charge in [-0.2, -0.15) is 0 Å². The van der Waals surface area contributed by atoms with Crippen LogP contribution in [0, 0.1) is 5.41 Å². The largest absolute Gasteiger partial charge is 0.464 e. The number of rotatable bonds is 3. The highest BCUT2D eigenvalue weighted by Gasteiger charge is 2.49. The summed E-state index contributed by atoms with van der Waals surface area (Å²) in [6.07, 6.45) is 5.49. The monoisotopic (exact) mass is 450 g/mol. The number of piperidine rings is 1. The Morgan fingerprint density at radius 2 is 2.00 bits per heavy atom. The Balaban J connectivity index is 1.62. The molecule has 4 aromatic rings. The number of amides is 1. The van der Waals surface area contributed by atoms with Crippen molar-refractivity contribution in [3.63, 3.8) is 0 Å². The summed E-state index contributed by atoms with van der Waals surface area (Å²) >= 11 is 7.41. The van der Waals surface area contributed by atoms with Gasteiger partial charge in [0.05, 0.1) is 12.2 Å². The third-order valence-electron chi connectivity index (χ3n) is 6.08. The number of nitrogens with zero attached hydrogens (tertiary/aromatic N) is 3. The lowest BCUT2D eigenvalue weighted by Gasteiger charge is -2.44. The molecule has 0 spiro atoms. The first-order valence-electron chi connectivity index (χ1n) is 9.76. The molecule has 0 bridgehead atoms. The standard InChI is InChI=1S/C23H19ClN4O2S/c1-23(18-8-15(12-31-18)16-10-26-22(24)27-11-16)9-19(25)28(2)21(29)20(23)14-3-4-17-13(7-14)5-6-30-17/h3-8,10-12,20,25H,9H2,1-2H3/t20?,23-/m1/s1. The van der Waals surface area contributed by atoms with Crippen molar-refractivity contribution in [2.45, 2.75) is 24.7 Å². The highest BCUT2D eigenvalue weighted by atomic mass is 35.5. The maximum Gasteiger partial charge on any atom is 0.236 e. The van der Waals surface area contributed by atoms with Crippen LogP contribution in [0.25, 0.3) is 22.1 Å². The number of furan rings is 1. The fraction of sp³-hybridized carbons (Fsp3) is 0.217. The molecule has 8 heteroatoms. The Morgan fingerprint density at radius 1 is 1.23 bits per heavy atom. The van der Waals surface area contributed by atoms with Crippen LogP contribution >= 0.6 is 22.9 Å². The zero-order chi connectivity index (χ0) is 21.8. The second-order valence-electron chi connectivity index (χ2n) is 8.03. The van der Waals surface area contributed by atoms with Crippen molar-refractivity contribution < 1.29 is 9.21 Å². The van der Waals surface area contributed by atoms with Gasteiger partial charge in [-0.05, 0) is 52.4 Å². The molecule has 5 rings (SSSR count). The molecule has 156 valence electrons. The van der Waals surface area contributed by atoms with Crippen LogP contribution in [-0.2, 0) is 10.2 Å². The first-order valence-corrected chi connectivity index (χ1v) is 11.0. The Labute approximate surface area is 188 Å². The van der Waals surface area contributed by atoms with Crippen LogP contribution in [-0.4, -0.2) is 33.7 Å². The van der Waals surface area contributed by atoms with Crippen LogP contribution in [0.15, 0.2) is 58.8 Å². The lowest BCUT2D eigenvalue weighted by molar-refractivity contribution is -0.131. The quantitative estimate of drug-likeness (QED) is 0.418. The molecule has 1 amide bonds. The number of halogens is 1. The van der Waals surface area contributed by atoms with Gasteiger partial charge in [-0.3, -0.25) is 10.2 Å². The number of thiophene rings is 1. The van der Waals surface area contributed by atoms with Crippen LogP contribution in [0.5, 0.6) is 0 Å². The second-order valence-corrected chi connectivity index (χ2v) is 9.28. The molecule has 1 aromatic carbocycles. The number of nitrogens with one attached hydrogen (secondary N) is 1. The first-order chi connectivity index (χ1) is 14.9. The third kappa shape index (κ3) is 3.25. The minimum absolute atomic E-state index is 0.0774. The number of aromatic nitrogens is 2. The highest BCUT2D eigenvalue weighted by Crippen LogP contribution is 2.49. The minimum Gasteiger partial charge on any atom is -0.464 e. The molecule has 31 heavy (non-hydrogen) atoms. The van der Waals surface area contributed by atoms with Gasteiger partial charge in [0, 0.05) is 47.1 Å². The summed E-state index contributed by atoms with van der Waals surface area (Å²) in [4.78, 5) is 24.1. The van der Waals surface area contributed by atoms with E-state index in [2.05, 4.69) is 23.0 Å². The van der Waals surface area contributed by atoms with E-state index in [1.54, 1.807) is 37.0 Å². The topological polar surface area (TPSA) is 83.1 Å². The number of amidine groups is 1. The fourth-order valence-electron chi connectivity index (χ4n) is 4.32. The molecule has 0 aliphatic carbocycles. The van der Waals surface area contributed by atoms with Crippen LogP contribution in [0.4, 0.5) is 0 Å². The number of likely N-dealkylation sites (N-methyl/N-ethyl adjacent to an activating group) is 1. The van der Waals surface area contributed by atoms with Crippen molar-refractivity contribution in [2.24, 2.45) is 0 Å². The van der Waals surface area contributed by atoms with Gasteiger partial charge in [0.1, 0.15) is 11.4 Å². The molecule has 0 radical (unpaired) electrons. The van der Waals surface area contributed by atoms with Crippen molar-refractivity contribution in [3.05, 3.63) is 70.1 Å². The molecule has 4 heterocycles. The van der Waals surface area contributed by atoms with Gasteiger partial charge < -0.3 is 9.32 Å². The normalized spacial score (nSPS) is 21.8. The predicted octanol–water partition coefficient (Wildman–Crippen LogP) is 5.49. The zero-order valence-electron chi connectivity index (χ0n) is 16.9. The third-order valence-corrected chi connectivity index (χ3v) is 7.49. The number of carbonyl (C=O) groups excluding carboxylic acids is 1. The van der Waals surface area contributed by atoms with E-state index in [1.165, 1.54) is 4.90 Å². The van der Waals surface area contributed by atoms with Crippen molar-refractivity contribution in [1.82, 2.24) is 14.9 Å². The Bertz CT molecular complexity index is 1310. The maximum atomic E-state index is 13.4. The van der Waals surface area contributed by atoms with E-state index in [4.69, 9.17) is 21.4 Å². The number of hydrogen-bond donors (Lipinski definition) is 1. The van der Waals surface area contributed by atoms with E-state index in [-0.39, 0.29) is 11.2 Å². The zero-order valence-corrected chi connectivity index (χ0v) is 18.5. The van der Waals surface area contributed by atoms with Crippen molar-refractivity contribution >= 4 is 45.6 Å². The molecule has 2 atom stereocenters. The lowest BCUT2D eigenvalue weighted by atomic mass is 9.67. The van der Waals surface area contributed by atoms with Crippen LogP contribution in [0.2, 0.25) is 5.28 Å². The van der Waals surface area contributed by atoms with Crippen LogP contribution in [0.1, 0.15) is 29.7 Å². The molecule has 1 fully saturated rings. The average molecular weight is 451 g/mol. The second kappa shape index (κ2) is 7.28. The summed E-state index contributed by atoms with van der Waals surface area (Å²) in [5.41, 5.74) is 2.98. The van der Waals surface area contributed by atoms with E-state index >= 15 is 0 Å². The summed E-state index contributed by atoms with van der Waals surface area (Å²) in [6, 6.07) is 9.86. The molecular weight excluding hydrogens is 432 g/mol. The van der Waals surface area contributed by atoms with Crippen LogP contribution < -0.4 is 0 Å². The summed E-state index contributed by atoms with van der Waals surface area (Å²) in [6.45, 7) is 2.07. The molecule has 1 N–H and O–H groups in total. The Morgan fingerprint density at radius 3 is 2.77 bits per heavy atom. The molecular formula is C23H19ClN4O2S. The van der Waals surface area contributed by atoms with Crippen LogP contribution in [0.3, 0.4) is 0 Å². The maximum absolute atomic E-state index is 13.4. The SMILES string of the molecule is CN1C(=N)C[C@](C)(c2cc(-c3cnc(Cl)nc3)cs2)C(c2ccc3occc3c2)C1=O. The van der Waals surface area contributed by atoms with Crippen molar-refractivity contribution in [1.29, 1.82) is 5.41 Å². The van der Waals surface area contributed by atoms with E-state index in [0.717, 1.165) is 32.5 Å². The van der Waals surface area contributed by atoms with Gasteiger partial charge in [-0.1, -0.05) is 13.0 Å². The van der Waals surface area contributed by atoms with Gasteiger partial charge >= 0.3 is 0 Å². The molecule has 1 aliphatic rings. The highest BCUT2D eigenvalue weighted by molar-refractivity contribution is 7.10. The van der Waals surface area contributed by atoms with E-state index in [9.17, 15) is 4.79 Å². The van der Waals surface area contributed by atoms with Gasteiger partial charge in [0.25, 0.3) is 0 Å². The van der Waals surface area contributed by atoms with Gasteiger partial charge in [-0.15, -0.1) is 11.3 Å². The van der Waals surface area contributed by atoms with Gasteiger partial charge in [0.2, 0.25) is 11.2 Å². The number of fused-ring (bicyclic) bond motifs is 1. The van der Waals surface area contributed by atoms with Crippen molar-refractivity contribution in [3.8, 4) is 11.1 Å². The average Bonchev–Trinajstić information content (AvgIpc) is 3.42. The minimum atomic E-state index is -0.561. The van der Waals surface area contributed by atoms with E-state index in [1.807, 2.05) is 29.6 Å². The van der Waals surface area contributed by atoms with E-state index < -0.39 is 11.3 Å². The number of benzene rings is 1. The summed E-state index contributed by atoms with van der Waals surface area (Å²) in [5.74, 6) is -0.178. The molecule has 3 aromatic heterocycles. The summed E-state index contributed by atoms with van der Waals surface area (Å²) < 4.78 is 5.47. The smallest absolute Gasteiger partial charge is 0.236 e. The van der Waals surface area contributed by atoms with Crippen molar-refractivity contribution in [2.75, 3.05) is 7.05 Å². The Kier molecular flexibility index (Phi) is 4.68. The lowest BCUT2D eigenvalue weighted by Crippen LogP contribution is -2.51. The number of carbonyl (C=O) groups is 1.